The van der Waals surface area contributed by atoms with Crippen molar-refractivity contribution in [2.45, 2.75) is 25.4 Å². The van der Waals surface area contributed by atoms with Gasteiger partial charge in [0.15, 0.2) is 0 Å². The Morgan fingerprint density at radius 2 is 1.93 bits per heavy atom. The van der Waals surface area contributed by atoms with E-state index in [2.05, 4.69) is 0 Å². The highest BCUT2D eigenvalue weighted by Crippen LogP contribution is 2.45. The van der Waals surface area contributed by atoms with Gasteiger partial charge in [0, 0.05) is 12.0 Å². The van der Waals surface area contributed by atoms with Crippen LogP contribution >= 0.6 is 0 Å². The van der Waals surface area contributed by atoms with Gasteiger partial charge >= 0.3 is 11.8 Å². The summed E-state index contributed by atoms with van der Waals surface area (Å²) in [7, 11) is 0. The molecule has 0 bridgehead atoms. The molecule has 3 heteroatoms. The average Bonchev–Trinajstić information content (AvgIpc) is 2.65. The third-order valence-corrected chi connectivity index (χ3v) is 3.49. The van der Waals surface area contributed by atoms with E-state index in [9.17, 15) is 9.59 Å². The number of imide groups is 1. The summed E-state index contributed by atoms with van der Waals surface area (Å²) in [5, 5.41) is 0. The van der Waals surface area contributed by atoms with Crippen LogP contribution in [0.5, 0.6) is 0 Å². The SMILES string of the molecule is O=C1CCC2C(=O)[N+]12Cc1ccccc1. The van der Waals surface area contributed by atoms with Crippen molar-refractivity contribution in [1.82, 2.24) is 0 Å². The maximum atomic E-state index is 11.7. The van der Waals surface area contributed by atoms with Gasteiger partial charge in [0.25, 0.3) is 0 Å². The molecule has 0 radical (unpaired) electrons. The van der Waals surface area contributed by atoms with Gasteiger partial charge in [-0.25, -0.2) is 9.59 Å². The molecule has 2 aliphatic rings. The number of piperidine rings is 1. The molecule has 76 valence electrons. The molecule has 3 rings (SSSR count). The Balaban J connectivity index is 1.90. The highest BCUT2D eigenvalue weighted by Gasteiger charge is 2.75. The van der Waals surface area contributed by atoms with E-state index in [4.69, 9.17) is 0 Å². The van der Waals surface area contributed by atoms with Gasteiger partial charge in [0.05, 0.1) is 6.42 Å². The smallest absolute Gasteiger partial charge is 0.230 e. The molecule has 0 saturated carbocycles. The zero-order valence-electron chi connectivity index (χ0n) is 8.35. The van der Waals surface area contributed by atoms with Gasteiger partial charge in [-0.1, -0.05) is 30.3 Å². The molecule has 3 nitrogen and oxygen atoms in total. The molecule has 2 amide bonds. The minimum Gasteiger partial charge on any atom is -0.230 e. The molecule has 0 spiro atoms. The molecule has 0 aliphatic carbocycles. The lowest BCUT2D eigenvalue weighted by molar-refractivity contribution is -0.703. The zero-order valence-corrected chi connectivity index (χ0v) is 8.35. The van der Waals surface area contributed by atoms with E-state index in [0.717, 1.165) is 12.0 Å². The number of benzene rings is 1. The first-order chi connectivity index (χ1) is 7.25. The number of hydrogen-bond donors (Lipinski definition) is 0. The highest BCUT2D eigenvalue weighted by atomic mass is 16.2. The van der Waals surface area contributed by atoms with Crippen LogP contribution in [0.15, 0.2) is 30.3 Å². The Morgan fingerprint density at radius 3 is 2.53 bits per heavy atom. The van der Waals surface area contributed by atoms with Gasteiger partial charge in [-0.15, -0.1) is 0 Å². The van der Waals surface area contributed by atoms with E-state index in [1.165, 1.54) is 0 Å². The number of fused-ring (bicyclic) bond motifs is 1. The van der Waals surface area contributed by atoms with Crippen LogP contribution in [0.4, 0.5) is 0 Å². The van der Waals surface area contributed by atoms with Crippen molar-refractivity contribution in [2.24, 2.45) is 0 Å². The molecule has 15 heavy (non-hydrogen) atoms. The monoisotopic (exact) mass is 202 g/mol. The summed E-state index contributed by atoms with van der Waals surface area (Å²) in [6.07, 6.45) is 1.33. The Bertz CT molecular complexity index is 440. The summed E-state index contributed by atoms with van der Waals surface area (Å²) in [6, 6.07) is 9.76. The fourth-order valence-corrected chi connectivity index (χ4v) is 2.61. The maximum Gasteiger partial charge on any atom is 0.381 e. The summed E-state index contributed by atoms with van der Waals surface area (Å²) in [5.74, 6) is 0.226. The predicted octanol–water partition coefficient (Wildman–Crippen LogP) is 1.23. The fourth-order valence-electron chi connectivity index (χ4n) is 2.61. The number of amides is 2. The Kier molecular flexibility index (Phi) is 1.62. The molecule has 2 heterocycles. The lowest BCUT2D eigenvalue weighted by Gasteiger charge is -2.09. The summed E-state index contributed by atoms with van der Waals surface area (Å²) < 4.78 is 0.101. The second-order valence-corrected chi connectivity index (χ2v) is 4.30. The number of carbonyl (C=O) groups excluding carboxylic acids is 2. The molecule has 2 atom stereocenters. The van der Waals surface area contributed by atoms with Crippen LogP contribution < -0.4 is 0 Å². The van der Waals surface area contributed by atoms with Gasteiger partial charge in [-0.3, -0.25) is 0 Å². The van der Waals surface area contributed by atoms with Crippen molar-refractivity contribution in [3.63, 3.8) is 0 Å². The summed E-state index contributed by atoms with van der Waals surface area (Å²) in [4.78, 5) is 23.3. The first kappa shape index (κ1) is 8.80. The topological polar surface area (TPSA) is 34.1 Å². The number of carbonyl (C=O) groups is 2. The van der Waals surface area contributed by atoms with Crippen LogP contribution in [-0.4, -0.2) is 22.3 Å². The van der Waals surface area contributed by atoms with E-state index in [-0.39, 0.29) is 22.3 Å². The minimum atomic E-state index is -0.0160. The molecule has 2 fully saturated rings. The lowest BCUT2D eigenvalue weighted by atomic mass is 10.2. The van der Waals surface area contributed by atoms with Crippen molar-refractivity contribution < 1.29 is 14.1 Å². The lowest BCUT2D eigenvalue weighted by Crippen LogP contribution is -2.32. The highest BCUT2D eigenvalue weighted by molar-refractivity contribution is 6.01. The van der Waals surface area contributed by atoms with Crippen molar-refractivity contribution >= 4 is 11.8 Å². The third kappa shape index (κ3) is 1.04. The Hall–Kier alpha value is -1.48. The Morgan fingerprint density at radius 1 is 1.20 bits per heavy atom. The molecule has 1 aromatic rings. The first-order valence-corrected chi connectivity index (χ1v) is 5.24. The first-order valence-electron chi connectivity index (χ1n) is 5.24. The predicted molar refractivity (Wildman–Crippen MR) is 53.4 cm³/mol. The molecule has 2 aliphatic heterocycles. The quantitative estimate of drug-likeness (QED) is 0.410. The number of quaternary nitrogens is 1. The van der Waals surface area contributed by atoms with E-state index in [0.29, 0.717) is 13.0 Å². The maximum absolute atomic E-state index is 11.7. The van der Waals surface area contributed by atoms with Gasteiger partial charge < -0.3 is 0 Å². The summed E-state index contributed by atoms with van der Waals surface area (Å²) in [5.41, 5.74) is 1.07. The van der Waals surface area contributed by atoms with E-state index in [1.54, 1.807) is 0 Å². The molecular weight excluding hydrogens is 190 g/mol. The van der Waals surface area contributed by atoms with Crippen molar-refractivity contribution in [3.8, 4) is 0 Å². The average molecular weight is 202 g/mol. The standard InChI is InChI=1S/C12H12NO2/c14-11-7-6-10-12(15)13(10,11)8-9-4-2-1-3-5-9/h1-5,10H,6-8H2/q+1. The van der Waals surface area contributed by atoms with Gasteiger partial charge in [-0.2, -0.15) is 4.48 Å². The van der Waals surface area contributed by atoms with Gasteiger partial charge in [0.2, 0.25) is 6.04 Å². The molecular formula is C12H12NO2+. The summed E-state index contributed by atoms with van der Waals surface area (Å²) >= 11 is 0. The Labute approximate surface area is 87.9 Å². The largest absolute Gasteiger partial charge is 0.381 e. The van der Waals surface area contributed by atoms with Crippen LogP contribution in [0.25, 0.3) is 0 Å². The molecule has 2 saturated heterocycles. The van der Waals surface area contributed by atoms with Gasteiger partial charge in [0.1, 0.15) is 6.54 Å². The van der Waals surface area contributed by atoms with Crippen LogP contribution in [-0.2, 0) is 16.1 Å². The molecule has 0 aromatic heterocycles. The third-order valence-electron chi connectivity index (χ3n) is 3.49. The van der Waals surface area contributed by atoms with E-state index < -0.39 is 0 Å². The summed E-state index contributed by atoms with van der Waals surface area (Å²) in [6.45, 7) is 0.559. The van der Waals surface area contributed by atoms with Crippen molar-refractivity contribution in [3.05, 3.63) is 35.9 Å². The van der Waals surface area contributed by atoms with Crippen LogP contribution in [0.3, 0.4) is 0 Å². The molecule has 0 N–H and O–H groups in total. The number of nitrogens with zero attached hydrogens (tertiary/aromatic N) is 1. The second-order valence-electron chi connectivity index (χ2n) is 4.30. The van der Waals surface area contributed by atoms with Gasteiger partial charge in [-0.05, 0) is 0 Å². The fraction of sp³-hybridized carbons (Fsp3) is 0.333. The van der Waals surface area contributed by atoms with Crippen molar-refractivity contribution in [1.29, 1.82) is 0 Å². The zero-order chi connectivity index (χ0) is 10.5. The van der Waals surface area contributed by atoms with E-state index in [1.807, 2.05) is 30.3 Å². The molecule has 2 unspecified atom stereocenters. The molecule has 1 aromatic carbocycles. The van der Waals surface area contributed by atoms with E-state index >= 15 is 0 Å². The van der Waals surface area contributed by atoms with Crippen LogP contribution in [0.1, 0.15) is 18.4 Å². The second kappa shape index (κ2) is 2.76. The minimum absolute atomic E-state index is 0.0160. The number of rotatable bonds is 2. The number of hydrogen-bond acceptors (Lipinski definition) is 2. The van der Waals surface area contributed by atoms with Crippen LogP contribution in [0, 0.1) is 0 Å². The van der Waals surface area contributed by atoms with Crippen LogP contribution in [0.2, 0.25) is 0 Å². The normalized spacial score (nSPS) is 32.9. The van der Waals surface area contributed by atoms with Crippen molar-refractivity contribution in [2.75, 3.05) is 0 Å².